The first-order chi connectivity index (χ1) is 10.5. The van der Waals surface area contributed by atoms with Crippen LogP contribution in [-0.2, 0) is 4.79 Å². The molecule has 0 saturated heterocycles. The molecule has 6 N–H and O–H groups in total. The van der Waals surface area contributed by atoms with E-state index in [0.717, 1.165) is 24.0 Å². The molecule has 0 aromatic heterocycles. The van der Waals surface area contributed by atoms with Crippen molar-refractivity contribution in [3.8, 4) is 0 Å². The van der Waals surface area contributed by atoms with Crippen LogP contribution in [0.15, 0.2) is 24.3 Å². The number of primary amides is 1. The molecule has 1 aliphatic carbocycles. The minimum atomic E-state index is -0.640. The van der Waals surface area contributed by atoms with E-state index < -0.39 is 12.1 Å². The number of aryl methyl sites for hydroxylation is 1. The lowest BCUT2D eigenvalue weighted by atomic mass is 9.98. The van der Waals surface area contributed by atoms with Gasteiger partial charge in [0.2, 0.25) is 5.91 Å². The van der Waals surface area contributed by atoms with Crippen LogP contribution < -0.4 is 22.1 Å². The van der Waals surface area contributed by atoms with Gasteiger partial charge in [-0.25, -0.2) is 4.79 Å². The van der Waals surface area contributed by atoms with Crippen molar-refractivity contribution in [2.75, 3.05) is 6.54 Å². The van der Waals surface area contributed by atoms with E-state index in [-0.39, 0.29) is 18.4 Å². The SMILES string of the molecule is Cc1ccccc1C(CC(=O)NC(CN)C1CC1)NC(N)=O. The third kappa shape index (κ3) is 4.46. The molecule has 120 valence electrons. The van der Waals surface area contributed by atoms with Gasteiger partial charge in [0, 0.05) is 12.6 Å². The van der Waals surface area contributed by atoms with Crippen molar-refractivity contribution in [2.45, 2.75) is 38.3 Å². The molecule has 3 amide bonds. The lowest BCUT2D eigenvalue weighted by molar-refractivity contribution is -0.122. The average molecular weight is 304 g/mol. The first-order valence-electron chi connectivity index (χ1n) is 7.62. The summed E-state index contributed by atoms with van der Waals surface area (Å²) in [6.45, 7) is 2.38. The first-order valence-corrected chi connectivity index (χ1v) is 7.62. The third-order valence-electron chi connectivity index (χ3n) is 4.06. The fourth-order valence-electron chi connectivity index (χ4n) is 2.71. The molecule has 1 aromatic rings. The largest absolute Gasteiger partial charge is 0.352 e. The maximum atomic E-state index is 12.3. The second-order valence-corrected chi connectivity index (χ2v) is 5.87. The lowest BCUT2D eigenvalue weighted by Gasteiger charge is -2.22. The van der Waals surface area contributed by atoms with E-state index in [4.69, 9.17) is 11.5 Å². The van der Waals surface area contributed by atoms with Crippen molar-refractivity contribution in [3.05, 3.63) is 35.4 Å². The molecular weight excluding hydrogens is 280 g/mol. The maximum Gasteiger partial charge on any atom is 0.312 e. The van der Waals surface area contributed by atoms with E-state index in [1.165, 1.54) is 0 Å². The van der Waals surface area contributed by atoms with Gasteiger partial charge >= 0.3 is 6.03 Å². The molecule has 1 aliphatic rings. The Bertz CT molecular complexity index is 543. The van der Waals surface area contributed by atoms with E-state index in [9.17, 15) is 9.59 Å². The van der Waals surface area contributed by atoms with Crippen LogP contribution in [0.1, 0.15) is 36.4 Å². The quantitative estimate of drug-likeness (QED) is 0.602. The number of carbonyl (C=O) groups excluding carboxylic acids is 2. The molecule has 0 heterocycles. The van der Waals surface area contributed by atoms with Crippen LogP contribution in [0.25, 0.3) is 0 Å². The Morgan fingerprint density at radius 2 is 1.95 bits per heavy atom. The molecule has 2 unspecified atom stereocenters. The third-order valence-corrected chi connectivity index (χ3v) is 4.06. The number of carbonyl (C=O) groups is 2. The number of urea groups is 1. The lowest BCUT2D eigenvalue weighted by Crippen LogP contribution is -2.44. The van der Waals surface area contributed by atoms with Gasteiger partial charge in [0.15, 0.2) is 0 Å². The van der Waals surface area contributed by atoms with Crippen LogP contribution in [0.4, 0.5) is 4.79 Å². The molecule has 0 radical (unpaired) electrons. The van der Waals surface area contributed by atoms with Crippen LogP contribution in [0.3, 0.4) is 0 Å². The number of benzene rings is 1. The normalized spacial score (nSPS) is 16.6. The van der Waals surface area contributed by atoms with Gasteiger partial charge in [-0.05, 0) is 36.8 Å². The Kier molecular flexibility index (Phi) is 5.38. The van der Waals surface area contributed by atoms with Gasteiger partial charge in [-0.3, -0.25) is 4.79 Å². The second-order valence-electron chi connectivity index (χ2n) is 5.87. The highest BCUT2D eigenvalue weighted by Crippen LogP contribution is 2.32. The van der Waals surface area contributed by atoms with Gasteiger partial charge in [-0.2, -0.15) is 0 Å². The van der Waals surface area contributed by atoms with Crippen LogP contribution in [0.2, 0.25) is 0 Å². The molecule has 2 atom stereocenters. The summed E-state index contributed by atoms with van der Waals surface area (Å²) in [4.78, 5) is 23.5. The number of nitrogens with two attached hydrogens (primary N) is 2. The van der Waals surface area contributed by atoms with E-state index in [0.29, 0.717) is 12.5 Å². The summed E-state index contributed by atoms with van der Waals surface area (Å²) in [5, 5.41) is 5.62. The summed E-state index contributed by atoms with van der Waals surface area (Å²) in [6.07, 6.45) is 2.38. The highest BCUT2D eigenvalue weighted by atomic mass is 16.2. The number of hydrogen-bond donors (Lipinski definition) is 4. The Balaban J connectivity index is 2.04. The van der Waals surface area contributed by atoms with E-state index in [1.54, 1.807) is 0 Å². The van der Waals surface area contributed by atoms with Crippen molar-refractivity contribution < 1.29 is 9.59 Å². The molecule has 6 nitrogen and oxygen atoms in total. The predicted octanol–water partition coefficient (Wildman–Crippen LogP) is 0.948. The zero-order chi connectivity index (χ0) is 16.1. The topological polar surface area (TPSA) is 110 Å². The van der Waals surface area contributed by atoms with Crippen molar-refractivity contribution in [2.24, 2.45) is 17.4 Å². The maximum absolute atomic E-state index is 12.3. The van der Waals surface area contributed by atoms with Crippen LogP contribution in [0.5, 0.6) is 0 Å². The fraction of sp³-hybridized carbons (Fsp3) is 0.500. The van der Waals surface area contributed by atoms with Crippen molar-refractivity contribution in [3.63, 3.8) is 0 Å². The molecule has 0 bridgehead atoms. The smallest absolute Gasteiger partial charge is 0.312 e. The van der Waals surface area contributed by atoms with E-state index in [1.807, 2.05) is 31.2 Å². The number of rotatable bonds is 7. The van der Waals surface area contributed by atoms with Gasteiger partial charge in [-0.15, -0.1) is 0 Å². The Morgan fingerprint density at radius 3 is 2.50 bits per heavy atom. The standard InChI is InChI=1S/C16H24N4O2/c1-10-4-2-3-5-12(10)13(20-16(18)22)8-15(21)19-14(9-17)11-6-7-11/h2-5,11,13-14H,6-9,17H2,1H3,(H,19,21)(H3,18,20,22). The molecule has 1 aromatic carbocycles. The van der Waals surface area contributed by atoms with Gasteiger partial charge in [0.05, 0.1) is 12.5 Å². The van der Waals surface area contributed by atoms with Crippen LogP contribution in [-0.4, -0.2) is 24.5 Å². The van der Waals surface area contributed by atoms with Gasteiger partial charge in [0.1, 0.15) is 0 Å². The van der Waals surface area contributed by atoms with Crippen molar-refractivity contribution in [1.82, 2.24) is 10.6 Å². The summed E-state index contributed by atoms with van der Waals surface area (Å²) < 4.78 is 0. The fourth-order valence-corrected chi connectivity index (χ4v) is 2.71. The first kappa shape index (κ1) is 16.3. The second kappa shape index (κ2) is 7.26. The van der Waals surface area contributed by atoms with Crippen LogP contribution >= 0.6 is 0 Å². The van der Waals surface area contributed by atoms with Crippen LogP contribution in [0, 0.1) is 12.8 Å². The summed E-state index contributed by atoms with van der Waals surface area (Å²) in [5.41, 5.74) is 12.8. The Morgan fingerprint density at radius 1 is 1.27 bits per heavy atom. The molecule has 6 heteroatoms. The molecule has 0 aliphatic heterocycles. The number of nitrogens with one attached hydrogen (secondary N) is 2. The van der Waals surface area contributed by atoms with Gasteiger partial charge < -0.3 is 22.1 Å². The molecule has 2 rings (SSSR count). The molecule has 22 heavy (non-hydrogen) atoms. The monoisotopic (exact) mass is 304 g/mol. The summed E-state index contributed by atoms with van der Waals surface area (Å²) in [5.74, 6) is 0.374. The summed E-state index contributed by atoms with van der Waals surface area (Å²) in [7, 11) is 0. The number of amides is 3. The zero-order valence-electron chi connectivity index (χ0n) is 12.8. The summed E-state index contributed by atoms with van der Waals surface area (Å²) >= 11 is 0. The highest BCUT2D eigenvalue weighted by molar-refractivity contribution is 5.79. The van der Waals surface area contributed by atoms with E-state index >= 15 is 0 Å². The highest BCUT2D eigenvalue weighted by Gasteiger charge is 2.31. The molecule has 0 spiro atoms. The van der Waals surface area contributed by atoms with E-state index in [2.05, 4.69) is 10.6 Å². The number of hydrogen-bond acceptors (Lipinski definition) is 3. The Labute approximate surface area is 130 Å². The minimum absolute atomic E-state index is 0.0265. The minimum Gasteiger partial charge on any atom is -0.352 e. The van der Waals surface area contributed by atoms with Crippen molar-refractivity contribution in [1.29, 1.82) is 0 Å². The average Bonchev–Trinajstić information content (AvgIpc) is 3.28. The molecule has 1 fully saturated rings. The molecule has 1 saturated carbocycles. The van der Waals surface area contributed by atoms with Crippen molar-refractivity contribution >= 4 is 11.9 Å². The predicted molar refractivity (Wildman–Crippen MR) is 85.0 cm³/mol. The molecular formula is C16H24N4O2. The Hall–Kier alpha value is -2.08. The van der Waals surface area contributed by atoms with Gasteiger partial charge in [0.25, 0.3) is 0 Å². The zero-order valence-corrected chi connectivity index (χ0v) is 12.8. The summed E-state index contributed by atoms with van der Waals surface area (Å²) in [6, 6.07) is 6.58. The van der Waals surface area contributed by atoms with Gasteiger partial charge in [-0.1, -0.05) is 24.3 Å².